The van der Waals surface area contributed by atoms with Crippen LogP contribution in [0.25, 0.3) is 0 Å². The van der Waals surface area contributed by atoms with Crippen LogP contribution >= 0.6 is 12.2 Å². The second-order valence-corrected chi connectivity index (χ2v) is 2.17. The van der Waals surface area contributed by atoms with Gasteiger partial charge in [-0.2, -0.15) is 0 Å². The standard InChI is InChI=1S/C5H8N2S/c1-4-3-6-5(8)7(4)2/h1,3H2,2H3,(H,6,8). The summed E-state index contributed by atoms with van der Waals surface area (Å²) < 4.78 is 0. The molecule has 0 bridgehead atoms. The zero-order valence-corrected chi connectivity index (χ0v) is 5.59. The van der Waals surface area contributed by atoms with Gasteiger partial charge < -0.3 is 10.2 Å². The molecule has 0 aromatic carbocycles. The molecule has 0 radical (unpaired) electrons. The summed E-state index contributed by atoms with van der Waals surface area (Å²) in [5.41, 5.74) is 1.04. The van der Waals surface area contributed by atoms with Crippen LogP contribution in [0, 0.1) is 0 Å². The first-order valence-corrected chi connectivity index (χ1v) is 2.82. The van der Waals surface area contributed by atoms with E-state index < -0.39 is 0 Å². The molecule has 8 heavy (non-hydrogen) atoms. The molecule has 0 aromatic heterocycles. The van der Waals surface area contributed by atoms with Crippen LogP contribution in [0.3, 0.4) is 0 Å². The second kappa shape index (κ2) is 1.74. The molecule has 0 saturated carbocycles. The highest BCUT2D eigenvalue weighted by molar-refractivity contribution is 7.80. The van der Waals surface area contributed by atoms with Gasteiger partial charge in [0.25, 0.3) is 0 Å². The van der Waals surface area contributed by atoms with Gasteiger partial charge in [0.2, 0.25) is 0 Å². The predicted octanol–water partition coefficient (Wildman–Crippen LogP) is 0.320. The molecule has 0 amide bonds. The molecule has 1 N–H and O–H groups in total. The third-order valence-electron chi connectivity index (χ3n) is 1.22. The third-order valence-corrected chi connectivity index (χ3v) is 1.64. The number of rotatable bonds is 0. The minimum atomic E-state index is 0.773. The fraction of sp³-hybridized carbons (Fsp3) is 0.400. The molecule has 44 valence electrons. The smallest absolute Gasteiger partial charge is 0.173 e. The van der Waals surface area contributed by atoms with Crippen LogP contribution < -0.4 is 5.32 Å². The Balaban J connectivity index is 2.70. The fourth-order valence-corrected chi connectivity index (χ4v) is 0.760. The predicted molar refractivity (Wildman–Crippen MR) is 37.5 cm³/mol. The number of likely N-dealkylation sites (N-methyl/N-ethyl adjacent to an activating group) is 1. The van der Waals surface area contributed by atoms with Crippen molar-refractivity contribution in [2.75, 3.05) is 13.6 Å². The summed E-state index contributed by atoms with van der Waals surface area (Å²) in [7, 11) is 1.91. The summed E-state index contributed by atoms with van der Waals surface area (Å²) in [4.78, 5) is 1.87. The van der Waals surface area contributed by atoms with E-state index in [9.17, 15) is 0 Å². The molecule has 0 aromatic rings. The van der Waals surface area contributed by atoms with Crippen molar-refractivity contribution in [2.24, 2.45) is 0 Å². The first-order valence-electron chi connectivity index (χ1n) is 2.41. The highest BCUT2D eigenvalue weighted by Crippen LogP contribution is 2.03. The lowest BCUT2D eigenvalue weighted by molar-refractivity contribution is 0.669. The van der Waals surface area contributed by atoms with Crippen molar-refractivity contribution in [3.05, 3.63) is 12.3 Å². The van der Waals surface area contributed by atoms with E-state index >= 15 is 0 Å². The Hall–Kier alpha value is -0.570. The maximum absolute atomic E-state index is 4.87. The molecule has 0 aliphatic carbocycles. The molecule has 0 atom stereocenters. The molecule has 3 heteroatoms. The largest absolute Gasteiger partial charge is 0.357 e. The van der Waals surface area contributed by atoms with Crippen molar-refractivity contribution < 1.29 is 0 Å². The molecule has 0 unspecified atom stereocenters. The lowest BCUT2D eigenvalue weighted by Gasteiger charge is -2.07. The van der Waals surface area contributed by atoms with Crippen LogP contribution in [0.2, 0.25) is 0 Å². The monoisotopic (exact) mass is 128 g/mol. The van der Waals surface area contributed by atoms with Gasteiger partial charge in [-0.15, -0.1) is 0 Å². The third kappa shape index (κ3) is 0.690. The molecule has 1 aliphatic heterocycles. The SMILES string of the molecule is C=C1CNC(=S)N1C. The van der Waals surface area contributed by atoms with Gasteiger partial charge >= 0.3 is 0 Å². The summed E-state index contributed by atoms with van der Waals surface area (Å²) >= 11 is 4.87. The Morgan fingerprint density at radius 2 is 2.50 bits per heavy atom. The van der Waals surface area contributed by atoms with Gasteiger partial charge in [-0.1, -0.05) is 6.58 Å². The van der Waals surface area contributed by atoms with Crippen molar-refractivity contribution >= 4 is 17.3 Å². The fourth-order valence-electron chi connectivity index (χ4n) is 0.558. The van der Waals surface area contributed by atoms with Crippen LogP contribution in [0.5, 0.6) is 0 Å². The molecule has 0 spiro atoms. The van der Waals surface area contributed by atoms with Crippen molar-refractivity contribution in [2.45, 2.75) is 0 Å². The molecular weight excluding hydrogens is 120 g/mol. The minimum absolute atomic E-state index is 0.773. The van der Waals surface area contributed by atoms with Gasteiger partial charge in [0.1, 0.15) is 0 Å². The Morgan fingerprint density at radius 3 is 2.62 bits per heavy atom. The average molecular weight is 128 g/mol. The van der Waals surface area contributed by atoms with Gasteiger partial charge in [-0.3, -0.25) is 0 Å². The zero-order valence-electron chi connectivity index (χ0n) is 4.77. The van der Waals surface area contributed by atoms with Crippen LogP contribution in [0.4, 0.5) is 0 Å². The maximum atomic E-state index is 4.87. The van der Waals surface area contributed by atoms with Gasteiger partial charge in [0, 0.05) is 12.7 Å². The lowest BCUT2D eigenvalue weighted by atomic mass is 10.5. The van der Waals surface area contributed by atoms with E-state index in [-0.39, 0.29) is 0 Å². The second-order valence-electron chi connectivity index (χ2n) is 1.78. The molecule has 2 nitrogen and oxygen atoms in total. The summed E-state index contributed by atoms with van der Waals surface area (Å²) in [6.45, 7) is 4.56. The van der Waals surface area contributed by atoms with Gasteiger partial charge in [-0.25, -0.2) is 0 Å². The number of nitrogens with zero attached hydrogens (tertiary/aromatic N) is 1. The van der Waals surface area contributed by atoms with E-state index in [0.717, 1.165) is 17.4 Å². The van der Waals surface area contributed by atoms with E-state index in [1.54, 1.807) is 0 Å². The van der Waals surface area contributed by atoms with Crippen LogP contribution in [0.1, 0.15) is 0 Å². The number of hydrogen-bond acceptors (Lipinski definition) is 1. The highest BCUT2D eigenvalue weighted by Gasteiger charge is 2.13. The summed E-state index contributed by atoms with van der Waals surface area (Å²) in [5.74, 6) is 0. The van der Waals surface area contributed by atoms with Crippen molar-refractivity contribution in [1.29, 1.82) is 0 Å². The number of hydrogen-bond donors (Lipinski definition) is 1. The van der Waals surface area contributed by atoms with Crippen molar-refractivity contribution in [3.63, 3.8) is 0 Å². The van der Waals surface area contributed by atoms with Gasteiger partial charge in [-0.05, 0) is 12.2 Å². The van der Waals surface area contributed by atoms with Gasteiger partial charge in [0.05, 0.1) is 6.54 Å². The summed E-state index contributed by atoms with van der Waals surface area (Å²) in [5, 5.41) is 3.75. The van der Waals surface area contributed by atoms with E-state index in [0.29, 0.717) is 0 Å². The van der Waals surface area contributed by atoms with E-state index in [1.165, 1.54) is 0 Å². The van der Waals surface area contributed by atoms with Crippen LogP contribution in [0.15, 0.2) is 12.3 Å². The maximum Gasteiger partial charge on any atom is 0.173 e. The Kier molecular flexibility index (Phi) is 1.21. The Labute approximate surface area is 54.2 Å². The normalized spacial score (nSPS) is 19.4. The first kappa shape index (κ1) is 5.56. The first-order chi connectivity index (χ1) is 3.72. The van der Waals surface area contributed by atoms with E-state index in [4.69, 9.17) is 12.2 Å². The number of nitrogens with one attached hydrogen (secondary N) is 1. The Morgan fingerprint density at radius 1 is 1.88 bits per heavy atom. The van der Waals surface area contributed by atoms with E-state index in [1.807, 2.05) is 11.9 Å². The van der Waals surface area contributed by atoms with Crippen LogP contribution in [-0.2, 0) is 0 Å². The summed E-state index contributed by atoms with van der Waals surface area (Å²) in [6.07, 6.45) is 0. The van der Waals surface area contributed by atoms with Gasteiger partial charge in [0.15, 0.2) is 5.11 Å². The Bertz CT molecular complexity index is 125. The number of thiocarbonyl (C=S) groups is 1. The summed E-state index contributed by atoms with van der Waals surface area (Å²) in [6, 6.07) is 0. The minimum Gasteiger partial charge on any atom is -0.357 e. The van der Waals surface area contributed by atoms with E-state index in [2.05, 4.69) is 11.9 Å². The topological polar surface area (TPSA) is 15.3 Å². The van der Waals surface area contributed by atoms with Crippen molar-refractivity contribution in [3.8, 4) is 0 Å². The molecular formula is C5H8N2S. The van der Waals surface area contributed by atoms with Crippen LogP contribution in [-0.4, -0.2) is 23.6 Å². The zero-order chi connectivity index (χ0) is 6.15. The molecule has 1 saturated heterocycles. The lowest BCUT2D eigenvalue weighted by Crippen LogP contribution is -2.22. The molecule has 1 fully saturated rings. The highest BCUT2D eigenvalue weighted by atomic mass is 32.1. The molecule has 1 rings (SSSR count). The average Bonchev–Trinajstić information content (AvgIpc) is 1.98. The molecule has 1 heterocycles. The van der Waals surface area contributed by atoms with Crippen molar-refractivity contribution in [1.82, 2.24) is 10.2 Å². The molecule has 1 aliphatic rings. The quantitative estimate of drug-likeness (QED) is 0.473.